The largest absolute Gasteiger partial charge is 0.328 e. The Hall–Kier alpha value is -2.43. The average molecular weight is 268 g/mol. The number of rotatable bonds is 2. The summed E-state index contributed by atoms with van der Waals surface area (Å²) in [6, 6.07) is 11.8. The van der Waals surface area contributed by atoms with Gasteiger partial charge >= 0.3 is 0 Å². The third-order valence-corrected chi connectivity index (χ3v) is 3.41. The van der Waals surface area contributed by atoms with Gasteiger partial charge in [0.2, 0.25) is 0 Å². The molecular weight excluding hydrogens is 252 g/mol. The molecule has 102 valence electrons. The smallest absolute Gasteiger partial charge is 0.257 e. The molecule has 1 aliphatic heterocycles. The Morgan fingerprint density at radius 2 is 1.95 bits per heavy atom. The van der Waals surface area contributed by atoms with Crippen LogP contribution >= 0.6 is 0 Å². The molecule has 5 heteroatoms. The highest BCUT2D eigenvalue weighted by molar-refractivity contribution is 6.01. The van der Waals surface area contributed by atoms with E-state index in [-0.39, 0.29) is 18.1 Å². The predicted octanol–water partition coefficient (Wildman–Crippen LogP) is 2.13. The molecule has 1 unspecified atom stereocenters. The summed E-state index contributed by atoms with van der Waals surface area (Å²) >= 11 is 0. The van der Waals surface area contributed by atoms with Crippen LogP contribution in [0.5, 0.6) is 0 Å². The molecular formula is C15H16N4O. The molecule has 1 aromatic heterocycles. The van der Waals surface area contributed by atoms with Crippen molar-refractivity contribution in [2.75, 3.05) is 4.90 Å². The number of carbonyl (C=O) groups is 1. The number of hydrogen-bond acceptors (Lipinski definition) is 4. The van der Waals surface area contributed by atoms with Gasteiger partial charge in [-0.1, -0.05) is 30.3 Å². The van der Waals surface area contributed by atoms with Crippen molar-refractivity contribution in [1.82, 2.24) is 15.5 Å². The van der Waals surface area contributed by atoms with E-state index in [1.54, 1.807) is 12.3 Å². The van der Waals surface area contributed by atoms with Crippen molar-refractivity contribution < 1.29 is 4.79 Å². The fraction of sp³-hybridized carbons (Fsp3) is 0.267. The maximum atomic E-state index is 12.2. The molecule has 1 aliphatic rings. The standard InChI is InChI=1S/C15H16N4O/c1-10(2)19-13(11-6-4-3-5-7-11)17-15(20)12-8-9-16-18-14(12)19/h3-10,13H,1-2H3,(H,17,20). The van der Waals surface area contributed by atoms with Crippen LogP contribution < -0.4 is 10.2 Å². The van der Waals surface area contributed by atoms with E-state index < -0.39 is 0 Å². The highest BCUT2D eigenvalue weighted by Gasteiger charge is 2.34. The summed E-state index contributed by atoms with van der Waals surface area (Å²) in [4.78, 5) is 14.3. The molecule has 1 amide bonds. The van der Waals surface area contributed by atoms with Crippen molar-refractivity contribution in [3.8, 4) is 0 Å². The number of aromatic nitrogens is 2. The van der Waals surface area contributed by atoms with Gasteiger partial charge in [-0.15, -0.1) is 5.10 Å². The lowest BCUT2D eigenvalue weighted by Gasteiger charge is -2.40. The molecule has 1 atom stereocenters. The van der Waals surface area contributed by atoms with Gasteiger partial charge in [0.25, 0.3) is 5.91 Å². The molecule has 2 heterocycles. The third kappa shape index (κ3) is 2.01. The second kappa shape index (κ2) is 4.92. The molecule has 20 heavy (non-hydrogen) atoms. The Morgan fingerprint density at radius 3 is 2.65 bits per heavy atom. The van der Waals surface area contributed by atoms with Crippen LogP contribution in [0.2, 0.25) is 0 Å². The summed E-state index contributed by atoms with van der Waals surface area (Å²) in [6.45, 7) is 4.15. The highest BCUT2D eigenvalue weighted by Crippen LogP contribution is 2.32. The van der Waals surface area contributed by atoms with E-state index in [9.17, 15) is 4.79 Å². The number of hydrogen-bond donors (Lipinski definition) is 1. The lowest BCUT2D eigenvalue weighted by atomic mass is 10.1. The van der Waals surface area contributed by atoms with Gasteiger partial charge in [0.15, 0.2) is 5.82 Å². The first-order chi connectivity index (χ1) is 9.68. The van der Waals surface area contributed by atoms with E-state index in [0.29, 0.717) is 11.4 Å². The molecule has 3 rings (SSSR count). The van der Waals surface area contributed by atoms with Crippen LogP contribution in [-0.2, 0) is 0 Å². The minimum atomic E-state index is -0.215. The zero-order valence-electron chi connectivity index (χ0n) is 11.4. The van der Waals surface area contributed by atoms with Gasteiger partial charge < -0.3 is 10.2 Å². The maximum Gasteiger partial charge on any atom is 0.257 e. The van der Waals surface area contributed by atoms with Gasteiger partial charge in [-0.05, 0) is 25.5 Å². The number of nitrogens with one attached hydrogen (secondary N) is 1. The third-order valence-electron chi connectivity index (χ3n) is 3.41. The molecule has 1 aromatic carbocycles. The number of anilines is 1. The predicted molar refractivity (Wildman–Crippen MR) is 76.3 cm³/mol. The van der Waals surface area contributed by atoms with Crippen molar-refractivity contribution in [2.45, 2.75) is 26.1 Å². The fourth-order valence-corrected chi connectivity index (χ4v) is 2.51. The molecule has 0 saturated heterocycles. The summed E-state index contributed by atoms with van der Waals surface area (Å²) in [5, 5.41) is 11.1. The molecule has 0 saturated carbocycles. The molecule has 0 aliphatic carbocycles. The minimum Gasteiger partial charge on any atom is -0.328 e. The Morgan fingerprint density at radius 1 is 1.20 bits per heavy atom. The number of amides is 1. The Balaban J connectivity index is 2.11. The van der Waals surface area contributed by atoms with Gasteiger partial charge in [-0.3, -0.25) is 4.79 Å². The first kappa shape index (κ1) is 12.6. The van der Waals surface area contributed by atoms with E-state index in [1.165, 1.54) is 0 Å². The number of nitrogens with zero attached hydrogens (tertiary/aromatic N) is 3. The van der Waals surface area contributed by atoms with E-state index in [4.69, 9.17) is 0 Å². The van der Waals surface area contributed by atoms with Crippen LogP contribution in [0.25, 0.3) is 0 Å². The lowest BCUT2D eigenvalue weighted by Crippen LogP contribution is -2.50. The quantitative estimate of drug-likeness (QED) is 0.906. The number of carbonyl (C=O) groups excluding carboxylic acids is 1. The van der Waals surface area contributed by atoms with Gasteiger partial charge in [-0.2, -0.15) is 5.10 Å². The normalized spacial score (nSPS) is 17.9. The zero-order chi connectivity index (χ0) is 14.1. The molecule has 0 bridgehead atoms. The van der Waals surface area contributed by atoms with Gasteiger partial charge in [0.05, 0.1) is 11.8 Å². The SMILES string of the molecule is CC(C)N1c2nnccc2C(=O)NC1c1ccccc1. The second-order valence-electron chi connectivity index (χ2n) is 5.06. The summed E-state index contributed by atoms with van der Waals surface area (Å²) in [7, 11) is 0. The lowest BCUT2D eigenvalue weighted by molar-refractivity contribution is 0.0923. The first-order valence-electron chi connectivity index (χ1n) is 6.64. The minimum absolute atomic E-state index is 0.111. The Kier molecular flexibility index (Phi) is 3.10. The van der Waals surface area contributed by atoms with Gasteiger partial charge in [-0.25, -0.2) is 0 Å². The second-order valence-corrected chi connectivity index (χ2v) is 5.06. The number of fused-ring (bicyclic) bond motifs is 1. The molecule has 0 spiro atoms. The monoisotopic (exact) mass is 268 g/mol. The van der Waals surface area contributed by atoms with Crippen LogP contribution in [0, 0.1) is 0 Å². The van der Waals surface area contributed by atoms with E-state index in [0.717, 1.165) is 5.56 Å². The molecule has 0 radical (unpaired) electrons. The van der Waals surface area contributed by atoms with Gasteiger partial charge in [0.1, 0.15) is 6.17 Å². The first-order valence-corrected chi connectivity index (χ1v) is 6.64. The van der Waals surface area contributed by atoms with E-state index in [1.807, 2.05) is 30.3 Å². The maximum absolute atomic E-state index is 12.2. The molecule has 1 N–H and O–H groups in total. The number of benzene rings is 1. The van der Waals surface area contributed by atoms with Crippen molar-refractivity contribution in [3.05, 3.63) is 53.7 Å². The van der Waals surface area contributed by atoms with Crippen molar-refractivity contribution in [3.63, 3.8) is 0 Å². The van der Waals surface area contributed by atoms with Gasteiger partial charge in [0, 0.05) is 6.04 Å². The van der Waals surface area contributed by atoms with Crippen molar-refractivity contribution in [1.29, 1.82) is 0 Å². The summed E-state index contributed by atoms with van der Waals surface area (Å²) < 4.78 is 0. The zero-order valence-corrected chi connectivity index (χ0v) is 11.4. The van der Waals surface area contributed by atoms with Crippen LogP contribution in [0.3, 0.4) is 0 Å². The fourth-order valence-electron chi connectivity index (χ4n) is 2.51. The van der Waals surface area contributed by atoms with Crippen molar-refractivity contribution >= 4 is 11.7 Å². The summed E-state index contributed by atoms with van der Waals surface area (Å²) in [6.07, 6.45) is 1.33. The molecule has 2 aromatic rings. The Bertz CT molecular complexity index is 627. The topological polar surface area (TPSA) is 58.1 Å². The van der Waals surface area contributed by atoms with E-state index in [2.05, 4.69) is 34.3 Å². The summed E-state index contributed by atoms with van der Waals surface area (Å²) in [5.41, 5.74) is 1.60. The van der Waals surface area contributed by atoms with E-state index >= 15 is 0 Å². The van der Waals surface area contributed by atoms with Crippen molar-refractivity contribution in [2.24, 2.45) is 0 Å². The average Bonchev–Trinajstić information content (AvgIpc) is 2.47. The molecule has 0 fully saturated rings. The molecule has 5 nitrogen and oxygen atoms in total. The summed E-state index contributed by atoms with van der Waals surface area (Å²) in [5.74, 6) is 0.528. The van der Waals surface area contributed by atoms with Crippen LogP contribution in [0.1, 0.15) is 35.9 Å². The van der Waals surface area contributed by atoms with Crippen LogP contribution in [-0.4, -0.2) is 22.1 Å². The van der Waals surface area contributed by atoms with Crippen LogP contribution in [0.4, 0.5) is 5.82 Å². The van der Waals surface area contributed by atoms with Crippen LogP contribution in [0.15, 0.2) is 42.6 Å². The Labute approximate surface area is 117 Å². The highest BCUT2D eigenvalue weighted by atomic mass is 16.2.